The molecule has 0 aromatic heterocycles. The molecule has 8 heteroatoms. The molecule has 0 spiro atoms. The molecule has 1 amide bonds. The van der Waals surface area contributed by atoms with E-state index in [0.717, 1.165) is 5.56 Å². The topological polar surface area (TPSA) is 84.9 Å². The van der Waals surface area contributed by atoms with E-state index >= 15 is 0 Å². The van der Waals surface area contributed by atoms with Crippen LogP contribution in [0.4, 0.5) is 4.79 Å². The van der Waals surface area contributed by atoms with Crippen LogP contribution in [-0.4, -0.2) is 50.7 Å². The quantitative estimate of drug-likeness (QED) is 0.622. The monoisotopic (exact) mass is 440 g/mol. The summed E-state index contributed by atoms with van der Waals surface area (Å²) in [6, 6.07) is 7.73. The molecule has 30 heavy (non-hydrogen) atoms. The fourth-order valence-corrected chi connectivity index (χ4v) is 3.62. The van der Waals surface area contributed by atoms with Crippen molar-refractivity contribution >= 4 is 23.0 Å². The number of amides is 1. The largest absolute Gasteiger partial charge is 0.467 e. The highest BCUT2D eigenvalue weighted by Gasteiger charge is 2.40. The maximum atomic E-state index is 13.1. The second kappa shape index (κ2) is 10.9. The number of esters is 1. The standard InChI is InChI=1S/C22H36N2O5S/c1-9-17(23-30(27)22(5,6)7)18(19(25)28-8)24(20(26)29-21(2,3)4)15-16-13-11-10-12-14-16/h10-14,17-18,23H,9,15H2,1-8H3/t17-,18?,30+/m0/s1. The average Bonchev–Trinajstić information content (AvgIpc) is 2.64. The maximum absolute atomic E-state index is 13.1. The Morgan fingerprint density at radius 1 is 1.10 bits per heavy atom. The van der Waals surface area contributed by atoms with Crippen LogP contribution in [0.3, 0.4) is 0 Å². The Morgan fingerprint density at radius 3 is 2.10 bits per heavy atom. The third-order valence-corrected chi connectivity index (χ3v) is 5.87. The van der Waals surface area contributed by atoms with Crippen LogP contribution in [0, 0.1) is 0 Å². The van der Waals surface area contributed by atoms with E-state index < -0.39 is 45.5 Å². The normalized spacial score (nSPS) is 15.1. The molecule has 170 valence electrons. The van der Waals surface area contributed by atoms with Crippen LogP contribution in [0.15, 0.2) is 30.3 Å². The van der Waals surface area contributed by atoms with Gasteiger partial charge in [0.05, 0.1) is 28.9 Å². The van der Waals surface area contributed by atoms with Crippen LogP contribution in [0.25, 0.3) is 0 Å². The Bertz CT molecular complexity index is 725. The van der Waals surface area contributed by atoms with Crippen molar-refractivity contribution in [1.29, 1.82) is 0 Å². The van der Waals surface area contributed by atoms with Gasteiger partial charge in [-0.3, -0.25) is 4.90 Å². The smallest absolute Gasteiger partial charge is 0.411 e. The van der Waals surface area contributed by atoms with Gasteiger partial charge in [0.15, 0.2) is 0 Å². The van der Waals surface area contributed by atoms with Crippen molar-refractivity contribution < 1.29 is 23.3 Å². The van der Waals surface area contributed by atoms with Gasteiger partial charge in [-0.25, -0.2) is 18.5 Å². The number of nitrogens with one attached hydrogen (secondary N) is 1. The number of methoxy groups -OCH3 is 1. The first-order valence-corrected chi connectivity index (χ1v) is 11.2. The van der Waals surface area contributed by atoms with E-state index in [1.54, 1.807) is 20.8 Å². The molecule has 0 aliphatic carbocycles. The summed E-state index contributed by atoms with van der Waals surface area (Å²) in [5.41, 5.74) is 0.0971. The van der Waals surface area contributed by atoms with Gasteiger partial charge in [-0.2, -0.15) is 0 Å². The predicted molar refractivity (Wildman–Crippen MR) is 119 cm³/mol. The fourth-order valence-electron chi connectivity index (χ4n) is 2.69. The summed E-state index contributed by atoms with van der Waals surface area (Å²) in [5, 5.41) is 0. The van der Waals surface area contributed by atoms with E-state index in [9.17, 15) is 13.8 Å². The van der Waals surface area contributed by atoms with E-state index in [1.165, 1.54) is 12.0 Å². The van der Waals surface area contributed by atoms with E-state index in [4.69, 9.17) is 9.47 Å². The van der Waals surface area contributed by atoms with E-state index in [0.29, 0.717) is 6.42 Å². The number of carbonyl (C=O) groups is 2. The first kappa shape index (κ1) is 26.1. The lowest BCUT2D eigenvalue weighted by molar-refractivity contribution is -0.148. The molecule has 1 rings (SSSR count). The molecule has 1 N–H and O–H groups in total. The highest BCUT2D eigenvalue weighted by Crippen LogP contribution is 2.21. The number of hydrogen-bond acceptors (Lipinski definition) is 5. The molecule has 0 fully saturated rings. The highest BCUT2D eigenvalue weighted by molar-refractivity contribution is 7.84. The Kier molecular flexibility index (Phi) is 9.49. The third kappa shape index (κ3) is 8.07. The molecule has 1 aromatic rings. The molecule has 0 radical (unpaired) electrons. The molecular weight excluding hydrogens is 404 g/mol. The summed E-state index contributed by atoms with van der Waals surface area (Å²) >= 11 is 0. The molecule has 3 atom stereocenters. The second-order valence-electron chi connectivity index (χ2n) is 9.08. The maximum Gasteiger partial charge on any atom is 0.411 e. The van der Waals surface area contributed by atoms with Crippen LogP contribution in [0.5, 0.6) is 0 Å². The van der Waals surface area contributed by atoms with Crippen molar-refractivity contribution in [2.45, 2.75) is 83.9 Å². The van der Waals surface area contributed by atoms with E-state index in [2.05, 4.69) is 4.72 Å². The van der Waals surface area contributed by atoms with Crippen molar-refractivity contribution in [2.75, 3.05) is 7.11 Å². The van der Waals surface area contributed by atoms with Gasteiger partial charge in [-0.05, 0) is 53.5 Å². The van der Waals surface area contributed by atoms with Crippen molar-refractivity contribution in [3.63, 3.8) is 0 Å². The van der Waals surface area contributed by atoms with Gasteiger partial charge in [-0.1, -0.05) is 37.3 Å². The van der Waals surface area contributed by atoms with Crippen LogP contribution in [-0.2, 0) is 31.8 Å². The van der Waals surface area contributed by atoms with Crippen molar-refractivity contribution in [3.8, 4) is 0 Å². The zero-order valence-corrected chi connectivity index (χ0v) is 20.2. The minimum absolute atomic E-state index is 0.149. The molecule has 7 nitrogen and oxygen atoms in total. The Morgan fingerprint density at radius 2 is 1.67 bits per heavy atom. The summed E-state index contributed by atoms with van der Waals surface area (Å²) in [6.07, 6.45) is -0.182. The van der Waals surface area contributed by atoms with Crippen LogP contribution in [0.2, 0.25) is 0 Å². The van der Waals surface area contributed by atoms with Crippen LogP contribution in [0.1, 0.15) is 60.5 Å². The summed E-state index contributed by atoms with van der Waals surface area (Å²) in [6.45, 7) is 12.8. The molecule has 1 unspecified atom stereocenters. The summed E-state index contributed by atoms with van der Waals surface area (Å²) in [5.74, 6) is -0.595. The lowest BCUT2D eigenvalue weighted by atomic mass is 10.0. The molecule has 1 aromatic carbocycles. The zero-order chi connectivity index (χ0) is 23.1. The van der Waals surface area contributed by atoms with Gasteiger partial charge in [-0.15, -0.1) is 0 Å². The second-order valence-corrected chi connectivity index (χ2v) is 11.1. The number of hydrogen-bond donors (Lipinski definition) is 1. The highest BCUT2D eigenvalue weighted by atomic mass is 32.2. The molecule has 0 aliphatic heterocycles. The lowest BCUT2D eigenvalue weighted by Crippen LogP contribution is -2.58. The van der Waals surface area contributed by atoms with Crippen molar-refractivity contribution in [1.82, 2.24) is 9.62 Å². The van der Waals surface area contributed by atoms with Gasteiger partial charge < -0.3 is 9.47 Å². The van der Waals surface area contributed by atoms with Gasteiger partial charge in [0.2, 0.25) is 0 Å². The zero-order valence-electron chi connectivity index (χ0n) is 19.4. The molecule has 0 saturated heterocycles. The first-order chi connectivity index (χ1) is 13.8. The molecule has 0 bridgehead atoms. The summed E-state index contributed by atoms with van der Waals surface area (Å²) in [4.78, 5) is 27.3. The minimum Gasteiger partial charge on any atom is -0.467 e. The number of rotatable bonds is 8. The van der Waals surface area contributed by atoms with E-state index in [1.807, 2.05) is 58.0 Å². The SMILES string of the molecule is CC[C@H](N[S@](=O)C(C)(C)C)C(C(=O)OC)N(Cc1ccccc1)C(=O)OC(C)(C)C. The Balaban J connectivity index is 3.38. The van der Waals surface area contributed by atoms with Gasteiger partial charge in [0.1, 0.15) is 11.6 Å². The molecule has 0 heterocycles. The Labute approximate surface area is 183 Å². The van der Waals surface area contributed by atoms with Crippen molar-refractivity contribution in [2.24, 2.45) is 0 Å². The van der Waals surface area contributed by atoms with Gasteiger partial charge in [0, 0.05) is 6.54 Å². The van der Waals surface area contributed by atoms with Gasteiger partial charge in [0.25, 0.3) is 0 Å². The third-order valence-electron chi connectivity index (χ3n) is 4.24. The number of benzene rings is 1. The fraction of sp³-hybridized carbons (Fsp3) is 0.636. The Hall–Kier alpha value is -1.93. The van der Waals surface area contributed by atoms with E-state index in [-0.39, 0.29) is 6.54 Å². The number of ether oxygens (including phenoxy) is 2. The first-order valence-electron chi connectivity index (χ1n) is 10.1. The molecule has 0 aliphatic rings. The molecular formula is C22H36N2O5S. The average molecular weight is 441 g/mol. The van der Waals surface area contributed by atoms with Crippen LogP contribution >= 0.6 is 0 Å². The number of nitrogens with zero attached hydrogens (tertiary/aromatic N) is 1. The molecule has 0 saturated carbocycles. The lowest BCUT2D eigenvalue weighted by Gasteiger charge is -2.37. The summed E-state index contributed by atoms with van der Waals surface area (Å²) in [7, 11) is -0.162. The predicted octanol–water partition coefficient (Wildman–Crippen LogP) is 3.80. The van der Waals surface area contributed by atoms with Crippen molar-refractivity contribution in [3.05, 3.63) is 35.9 Å². The number of carbonyl (C=O) groups excluding carboxylic acids is 2. The summed E-state index contributed by atoms with van der Waals surface area (Å²) < 4.78 is 25.9. The minimum atomic E-state index is -1.44. The van der Waals surface area contributed by atoms with Crippen LogP contribution < -0.4 is 4.72 Å². The van der Waals surface area contributed by atoms with Gasteiger partial charge >= 0.3 is 12.1 Å².